The van der Waals surface area contributed by atoms with Gasteiger partial charge in [-0.1, -0.05) is 46.3 Å². The number of carbonyl (C=O) groups excluding carboxylic acids is 3. The molecule has 5 fully saturated rings. The Morgan fingerprint density at radius 1 is 0.971 bits per heavy atom. The summed E-state index contributed by atoms with van der Waals surface area (Å²) < 4.78 is 18.6. The highest BCUT2D eigenvalue weighted by atomic mass is 16.7. The molecule has 388 valence electrons. The van der Waals surface area contributed by atoms with Crippen LogP contribution in [0.5, 0.6) is 0 Å². The topological polar surface area (TPSA) is 239 Å². The van der Waals surface area contributed by atoms with Crippen molar-refractivity contribution in [1.82, 2.24) is 15.1 Å². The van der Waals surface area contributed by atoms with Gasteiger partial charge in [0.2, 0.25) is 0 Å². The van der Waals surface area contributed by atoms with Crippen LogP contribution in [-0.2, 0) is 28.6 Å². The first-order valence-electron chi connectivity index (χ1n) is 25.6. The van der Waals surface area contributed by atoms with Crippen LogP contribution in [0.3, 0.4) is 0 Å². The van der Waals surface area contributed by atoms with Crippen LogP contribution in [0.15, 0.2) is 23.8 Å². The summed E-state index contributed by atoms with van der Waals surface area (Å²) >= 11 is 0. The number of aliphatic hydroxyl groups excluding tert-OH is 4. The molecule has 2 saturated heterocycles. The van der Waals surface area contributed by atoms with E-state index < -0.39 is 100 Å². The number of ketones is 1. The highest BCUT2D eigenvalue weighted by molar-refractivity contribution is 6.01. The first-order chi connectivity index (χ1) is 31.5. The molecule has 2 heterocycles. The van der Waals surface area contributed by atoms with Crippen molar-refractivity contribution >= 4 is 17.7 Å². The minimum atomic E-state index is -1.93. The van der Waals surface area contributed by atoms with E-state index in [0.717, 1.165) is 18.4 Å². The average Bonchev–Trinajstić information content (AvgIpc) is 3.54. The lowest BCUT2D eigenvalue weighted by Crippen LogP contribution is -2.63. The fraction of sp³-hybridized carbons (Fsp3) is 0.865. The molecule has 0 unspecified atom stereocenters. The molecule has 0 spiro atoms. The summed E-state index contributed by atoms with van der Waals surface area (Å²) in [4.78, 5) is 44.2. The maximum absolute atomic E-state index is 14.3. The molecule has 8 N–H and O–H groups in total. The van der Waals surface area contributed by atoms with E-state index in [-0.39, 0.29) is 73.8 Å². The van der Waals surface area contributed by atoms with Gasteiger partial charge < -0.3 is 60.2 Å². The number of esters is 1. The van der Waals surface area contributed by atoms with Crippen molar-refractivity contribution in [2.45, 2.75) is 205 Å². The summed E-state index contributed by atoms with van der Waals surface area (Å²) in [7, 11) is 3.72. The van der Waals surface area contributed by atoms with E-state index in [9.17, 15) is 50.1 Å². The number of hydrogen-bond acceptors (Lipinski definition) is 15. The second-order valence-electron chi connectivity index (χ2n) is 23.4. The predicted molar refractivity (Wildman–Crippen MR) is 254 cm³/mol. The summed E-state index contributed by atoms with van der Waals surface area (Å²) in [6.07, 6.45) is 0.670. The molecule has 1 amide bonds. The largest absolute Gasteiger partial charge is 0.459 e. The molecule has 0 aromatic rings. The van der Waals surface area contributed by atoms with Gasteiger partial charge in [0.25, 0.3) is 5.91 Å². The summed E-state index contributed by atoms with van der Waals surface area (Å²) in [6.45, 7) is 18.4. The molecule has 6 aliphatic rings. The summed E-state index contributed by atoms with van der Waals surface area (Å²) in [5, 5.41) is 87.0. The molecule has 4 aliphatic carbocycles. The van der Waals surface area contributed by atoms with Gasteiger partial charge in [-0.25, -0.2) is 0 Å². The fourth-order valence-corrected chi connectivity index (χ4v) is 14.2. The molecule has 0 aromatic carbocycles. The summed E-state index contributed by atoms with van der Waals surface area (Å²) in [5.41, 5.74) is -5.61. The van der Waals surface area contributed by atoms with Crippen molar-refractivity contribution in [3.8, 4) is 0 Å². The Morgan fingerprint density at radius 3 is 2.29 bits per heavy atom. The van der Waals surface area contributed by atoms with Gasteiger partial charge in [-0.2, -0.15) is 0 Å². The zero-order chi connectivity index (χ0) is 50.6. The molecule has 0 aromatic heterocycles. The minimum Gasteiger partial charge on any atom is -0.459 e. The molecule has 6 rings (SSSR count). The van der Waals surface area contributed by atoms with Gasteiger partial charge >= 0.3 is 5.97 Å². The van der Waals surface area contributed by atoms with Gasteiger partial charge in [0.05, 0.1) is 35.9 Å². The molecule has 2 aliphatic heterocycles. The third kappa shape index (κ3) is 10.2. The molecule has 0 bridgehead atoms. The smallest absolute Gasteiger partial charge is 0.311 e. The normalized spacial score (nSPS) is 48.6. The van der Waals surface area contributed by atoms with E-state index in [0.29, 0.717) is 32.4 Å². The monoisotopic (exact) mass is 962 g/mol. The number of fused-ring (bicyclic) bond motifs is 5. The lowest BCUT2D eigenvalue weighted by molar-refractivity contribution is -0.299. The molecule has 68 heavy (non-hydrogen) atoms. The standard InChI is InChI=1S/C52H87N3O13/c1-13-39-51(10,64)43(60)32(6)55(27-28(2)25-50(9,63)44(30(4)41(58)31(5)45(61)67-39)68-46-42(59)37(54(11)12)23-29(3)66-46)22-14-21-53-47(62)52(65)20-18-36-35-16-15-33-24-34(56)17-19-48(33,7)40(35)38(57)26-49(36,52)8/h17,19,24,28-32,35-44,46,57-60,63-65H,13-16,18,20-23,25-27H2,1-12H3,(H,53,62)/t28-,29-,30+,31-,32-,35+,36+,37+,38+,39-,40-,41+,42-,43-,44-,46+,48+,49+,50-,51-,52+/m1/s1. The second kappa shape index (κ2) is 20.6. The van der Waals surface area contributed by atoms with Crippen LogP contribution < -0.4 is 5.32 Å². The van der Waals surface area contributed by atoms with E-state index in [4.69, 9.17) is 14.2 Å². The van der Waals surface area contributed by atoms with Crippen LogP contribution in [0, 0.1) is 46.3 Å². The molecule has 0 radical (unpaired) electrons. The highest BCUT2D eigenvalue weighted by Crippen LogP contribution is 2.67. The van der Waals surface area contributed by atoms with Crippen molar-refractivity contribution in [2.24, 2.45) is 46.3 Å². The number of nitrogens with one attached hydrogen (secondary N) is 1. The number of allylic oxidation sites excluding steroid dienone is 4. The van der Waals surface area contributed by atoms with E-state index in [2.05, 4.69) is 12.2 Å². The Labute approximate surface area is 404 Å². The van der Waals surface area contributed by atoms with Crippen LogP contribution >= 0.6 is 0 Å². The average molecular weight is 962 g/mol. The zero-order valence-corrected chi connectivity index (χ0v) is 42.9. The number of carbonyl (C=O) groups is 3. The maximum atomic E-state index is 14.3. The Balaban J connectivity index is 1.20. The number of likely N-dealkylation sites (N-methyl/N-ethyl adjacent to an activating group) is 1. The Kier molecular flexibility index (Phi) is 16.7. The molecule has 3 saturated carbocycles. The minimum absolute atomic E-state index is 0.00512. The maximum Gasteiger partial charge on any atom is 0.311 e. The SMILES string of the molecule is CC[C@H]1OC(=O)[C@H](C)[C@@H](O)[C@H](C)[C@@H](O[C@@H]2O[C@H](C)C[C@H](N(C)C)[C@H]2O)[C@](C)(O)C[C@@H](C)CN(CCCNC(=O)[C@@]2(O)CC[C@H]3[C@@H]4CCC5=CC(=O)C=C[C@]5(C)[C@H]4[C@@H](O)C[C@@]32C)[C@H](C)[C@@H](O)[C@]1(C)O. The number of rotatable bonds is 9. The van der Waals surface area contributed by atoms with Crippen LogP contribution in [0.4, 0.5) is 0 Å². The number of nitrogens with zero attached hydrogens (tertiary/aromatic N) is 2. The van der Waals surface area contributed by atoms with Gasteiger partial charge in [0.15, 0.2) is 12.1 Å². The first kappa shape index (κ1) is 55.0. The van der Waals surface area contributed by atoms with Gasteiger partial charge in [0, 0.05) is 54.4 Å². The van der Waals surface area contributed by atoms with E-state index in [1.54, 1.807) is 39.8 Å². The van der Waals surface area contributed by atoms with Gasteiger partial charge in [-0.3, -0.25) is 19.3 Å². The van der Waals surface area contributed by atoms with E-state index in [1.807, 2.05) is 50.7 Å². The van der Waals surface area contributed by atoms with Crippen molar-refractivity contribution < 1.29 is 64.3 Å². The quantitative estimate of drug-likeness (QED) is 0.123. The van der Waals surface area contributed by atoms with Crippen molar-refractivity contribution in [1.29, 1.82) is 0 Å². The lowest BCUT2D eigenvalue weighted by Gasteiger charge is -2.59. The van der Waals surface area contributed by atoms with Crippen molar-refractivity contribution in [3.05, 3.63) is 23.8 Å². The van der Waals surface area contributed by atoms with Gasteiger partial charge in [-0.05, 0) is 136 Å². The number of aliphatic hydroxyl groups is 7. The fourth-order valence-electron chi connectivity index (χ4n) is 14.2. The molecule has 21 atom stereocenters. The lowest BCUT2D eigenvalue weighted by atomic mass is 9.46. The van der Waals surface area contributed by atoms with Gasteiger partial charge in [0.1, 0.15) is 29.5 Å². The molecule has 16 nitrogen and oxygen atoms in total. The number of cyclic esters (lactones) is 1. The van der Waals surface area contributed by atoms with Crippen molar-refractivity contribution in [2.75, 3.05) is 33.7 Å². The third-order valence-electron chi connectivity index (χ3n) is 18.2. The van der Waals surface area contributed by atoms with Crippen LogP contribution in [0.1, 0.15) is 127 Å². The number of ether oxygens (including phenoxy) is 3. The van der Waals surface area contributed by atoms with Crippen molar-refractivity contribution in [3.63, 3.8) is 0 Å². The van der Waals surface area contributed by atoms with Gasteiger partial charge in [-0.15, -0.1) is 0 Å². The number of amides is 1. The van der Waals surface area contributed by atoms with Crippen LogP contribution in [-0.4, -0.2) is 175 Å². The predicted octanol–water partition coefficient (Wildman–Crippen LogP) is 2.86. The van der Waals surface area contributed by atoms with Crippen LogP contribution in [0.2, 0.25) is 0 Å². The number of hydrogen-bond donors (Lipinski definition) is 8. The summed E-state index contributed by atoms with van der Waals surface area (Å²) in [5.74, 6) is -3.71. The van der Waals surface area contributed by atoms with Crippen LogP contribution in [0.25, 0.3) is 0 Å². The Bertz CT molecular complexity index is 1880. The Hall–Kier alpha value is -2.35. The third-order valence-corrected chi connectivity index (χ3v) is 18.2. The van der Waals surface area contributed by atoms with E-state index >= 15 is 0 Å². The first-order valence-corrected chi connectivity index (χ1v) is 25.6. The Morgan fingerprint density at radius 2 is 1.65 bits per heavy atom. The molecule has 16 heteroatoms. The summed E-state index contributed by atoms with van der Waals surface area (Å²) in [6, 6.07) is -1.03. The molecular formula is C52H87N3O13. The van der Waals surface area contributed by atoms with E-state index in [1.165, 1.54) is 13.8 Å². The molecular weight excluding hydrogens is 875 g/mol. The second-order valence-corrected chi connectivity index (χ2v) is 23.4. The zero-order valence-electron chi connectivity index (χ0n) is 42.9. The highest BCUT2D eigenvalue weighted by Gasteiger charge is 2.68.